The maximum Gasteiger partial charge on any atom is 0.271 e. The van der Waals surface area contributed by atoms with Crippen molar-refractivity contribution in [2.75, 3.05) is 0 Å². The van der Waals surface area contributed by atoms with Gasteiger partial charge in [0.05, 0.1) is 13.9 Å². The number of nitrogens with zero attached hydrogens (tertiary/aromatic N) is 1. The molecule has 0 amide bonds. The van der Waals surface area contributed by atoms with E-state index in [2.05, 4.69) is 31.9 Å². The van der Waals surface area contributed by atoms with Crippen LogP contribution >= 0.6 is 31.9 Å². The predicted molar refractivity (Wildman–Crippen MR) is 87.6 cm³/mol. The van der Waals surface area contributed by atoms with Crippen molar-refractivity contribution in [3.63, 3.8) is 0 Å². The molecule has 0 saturated carbocycles. The molecule has 1 atom stereocenters. The van der Waals surface area contributed by atoms with Crippen molar-refractivity contribution in [1.29, 1.82) is 0 Å². The molecule has 0 aliphatic carbocycles. The Labute approximate surface area is 138 Å². The molecule has 2 rings (SSSR count). The van der Waals surface area contributed by atoms with Gasteiger partial charge in [-0.15, -0.1) is 0 Å². The summed E-state index contributed by atoms with van der Waals surface area (Å²) >= 11 is 6.59. The lowest BCUT2D eigenvalue weighted by Gasteiger charge is -2.15. The summed E-state index contributed by atoms with van der Waals surface area (Å²) in [5.74, 6) is 1.08. The largest absolute Gasteiger partial charge is 0.455 e. The predicted octanol–water partition coefficient (Wildman–Crippen LogP) is 4.93. The molecule has 0 aromatic heterocycles. The zero-order chi connectivity index (χ0) is 15.6. The highest BCUT2D eigenvalue weighted by Crippen LogP contribution is 2.41. The number of halogens is 2. The SMILES string of the molecule is C[C@H](N)c1ccccc1Oc1c(Br)cc([N+](=O)[O-])cc1Br. The van der Waals surface area contributed by atoms with Gasteiger partial charge in [0.1, 0.15) is 5.75 Å². The quantitative estimate of drug-likeness (QED) is 0.567. The van der Waals surface area contributed by atoms with Gasteiger partial charge in [-0.05, 0) is 44.8 Å². The van der Waals surface area contributed by atoms with E-state index in [9.17, 15) is 10.1 Å². The van der Waals surface area contributed by atoms with Gasteiger partial charge in [-0.25, -0.2) is 0 Å². The summed E-state index contributed by atoms with van der Waals surface area (Å²) in [4.78, 5) is 10.4. The molecular formula is C14H12Br2N2O3. The molecule has 0 aliphatic heterocycles. The van der Waals surface area contributed by atoms with E-state index < -0.39 is 4.92 Å². The summed E-state index contributed by atoms with van der Waals surface area (Å²) < 4.78 is 6.85. The highest BCUT2D eigenvalue weighted by Gasteiger charge is 2.17. The summed E-state index contributed by atoms with van der Waals surface area (Å²) in [7, 11) is 0. The van der Waals surface area contributed by atoms with E-state index in [-0.39, 0.29) is 11.7 Å². The molecule has 2 aromatic carbocycles. The van der Waals surface area contributed by atoms with Gasteiger partial charge in [-0.2, -0.15) is 0 Å². The third kappa shape index (κ3) is 3.61. The third-order valence-corrected chi connectivity index (χ3v) is 3.99. The first-order valence-corrected chi connectivity index (χ1v) is 7.64. The first kappa shape index (κ1) is 15.9. The van der Waals surface area contributed by atoms with Crippen LogP contribution in [0.25, 0.3) is 0 Å². The second-order valence-electron chi connectivity index (χ2n) is 4.42. The van der Waals surface area contributed by atoms with Crippen molar-refractivity contribution < 1.29 is 9.66 Å². The normalized spacial score (nSPS) is 12.0. The maximum atomic E-state index is 10.8. The van der Waals surface area contributed by atoms with Crippen LogP contribution in [0.3, 0.4) is 0 Å². The summed E-state index contributed by atoms with van der Waals surface area (Å²) in [5, 5.41) is 10.8. The standard InChI is InChI=1S/C14H12Br2N2O3/c1-8(17)10-4-2-3-5-13(10)21-14-11(15)6-9(18(19)20)7-12(14)16/h2-8H,17H2,1H3/t8-/m0/s1. The Kier molecular flexibility index (Phi) is 4.97. The average molecular weight is 416 g/mol. The minimum Gasteiger partial charge on any atom is -0.455 e. The second-order valence-corrected chi connectivity index (χ2v) is 6.13. The van der Waals surface area contributed by atoms with Crippen LogP contribution in [0.5, 0.6) is 11.5 Å². The molecule has 2 aromatic rings. The molecule has 5 nitrogen and oxygen atoms in total. The number of nitro groups is 1. The monoisotopic (exact) mass is 414 g/mol. The van der Waals surface area contributed by atoms with Crippen LogP contribution in [0.15, 0.2) is 45.3 Å². The van der Waals surface area contributed by atoms with Crippen LogP contribution in [0.4, 0.5) is 5.69 Å². The molecule has 0 saturated heterocycles. The van der Waals surface area contributed by atoms with Crippen LogP contribution in [0.1, 0.15) is 18.5 Å². The Morgan fingerprint density at radius 2 is 1.81 bits per heavy atom. The fourth-order valence-electron chi connectivity index (χ4n) is 1.81. The van der Waals surface area contributed by atoms with Crippen molar-refractivity contribution in [2.24, 2.45) is 5.73 Å². The molecule has 2 N–H and O–H groups in total. The molecule has 110 valence electrons. The van der Waals surface area contributed by atoms with E-state index in [1.807, 2.05) is 25.1 Å². The zero-order valence-electron chi connectivity index (χ0n) is 11.0. The lowest BCUT2D eigenvalue weighted by molar-refractivity contribution is -0.385. The summed E-state index contributed by atoms with van der Waals surface area (Å²) in [5.41, 5.74) is 6.75. The second kappa shape index (κ2) is 6.55. The Morgan fingerprint density at radius 1 is 1.24 bits per heavy atom. The number of nitro benzene ring substituents is 1. The third-order valence-electron chi connectivity index (χ3n) is 2.82. The van der Waals surface area contributed by atoms with Crippen molar-refractivity contribution in [1.82, 2.24) is 0 Å². The Balaban J connectivity index is 2.43. The van der Waals surface area contributed by atoms with Crippen molar-refractivity contribution in [3.8, 4) is 11.5 Å². The smallest absolute Gasteiger partial charge is 0.271 e. The van der Waals surface area contributed by atoms with Crippen molar-refractivity contribution in [2.45, 2.75) is 13.0 Å². The van der Waals surface area contributed by atoms with E-state index in [1.54, 1.807) is 6.07 Å². The molecular weight excluding hydrogens is 404 g/mol. The van der Waals surface area contributed by atoms with Gasteiger partial charge in [0.25, 0.3) is 5.69 Å². The number of hydrogen-bond acceptors (Lipinski definition) is 4. The van der Waals surface area contributed by atoms with Gasteiger partial charge in [0.2, 0.25) is 0 Å². The van der Waals surface area contributed by atoms with E-state index >= 15 is 0 Å². The van der Waals surface area contributed by atoms with Gasteiger partial charge >= 0.3 is 0 Å². The minimum atomic E-state index is -0.463. The molecule has 0 aliphatic rings. The van der Waals surface area contributed by atoms with E-state index in [4.69, 9.17) is 10.5 Å². The van der Waals surface area contributed by atoms with Crippen LogP contribution in [0, 0.1) is 10.1 Å². The summed E-state index contributed by atoms with van der Waals surface area (Å²) in [6, 6.07) is 10.0. The molecule has 7 heteroatoms. The van der Waals surface area contributed by atoms with Crippen LogP contribution < -0.4 is 10.5 Å². The zero-order valence-corrected chi connectivity index (χ0v) is 14.2. The number of non-ortho nitro benzene ring substituents is 1. The summed E-state index contributed by atoms with van der Waals surface area (Å²) in [6.07, 6.45) is 0. The fraction of sp³-hybridized carbons (Fsp3) is 0.143. The van der Waals surface area contributed by atoms with E-state index in [1.165, 1.54) is 12.1 Å². The van der Waals surface area contributed by atoms with Gasteiger partial charge in [-0.3, -0.25) is 10.1 Å². The van der Waals surface area contributed by atoms with E-state index in [0.717, 1.165) is 5.56 Å². The molecule has 0 fully saturated rings. The molecule has 0 bridgehead atoms. The Morgan fingerprint density at radius 3 is 2.33 bits per heavy atom. The molecule has 21 heavy (non-hydrogen) atoms. The van der Waals surface area contributed by atoms with Crippen LogP contribution in [-0.4, -0.2) is 4.92 Å². The highest BCUT2D eigenvalue weighted by atomic mass is 79.9. The highest BCUT2D eigenvalue weighted by molar-refractivity contribution is 9.11. The number of benzene rings is 2. The minimum absolute atomic E-state index is 0.0263. The van der Waals surface area contributed by atoms with Crippen LogP contribution in [-0.2, 0) is 0 Å². The number of rotatable bonds is 4. The van der Waals surface area contributed by atoms with Gasteiger partial charge in [-0.1, -0.05) is 18.2 Å². The first-order chi connectivity index (χ1) is 9.90. The lowest BCUT2D eigenvalue weighted by atomic mass is 10.1. The lowest BCUT2D eigenvalue weighted by Crippen LogP contribution is -2.06. The molecule has 0 spiro atoms. The fourth-order valence-corrected chi connectivity index (χ4v) is 3.13. The van der Waals surface area contributed by atoms with Gasteiger partial charge in [0, 0.05) is 23.7 Å². The van der Waals surface area contributed by atoms with E-state index in [0.29, 0.717) is 20.4 Å². The number of ether oxygens (including phenoxy) is 1. The van der Waals surface area contributed by atoms with Crippen molar-refractivity contribution in [3.05, 3.63) is 61.0 Å². The maximum absolute atomic E-state index is 10.8. The average Bonchev–Trinajstić information content (AvgIpc) is 2.42. The molecule has 0 heterocycles. The van der Waals surface area contributed by atoms with Crippen LogP contribution in [0.2, 0.25) is 0 Å². The number of nitrogens with two attached hydrogens (primary N) is 1. The molecule has 0 unspecified atom stereocenters. The Bertz CT molecular complexity index is 667. The van der Waals surface area contributed by atoms with Gasteiger partial charge < -0.3 is 10.5 Å². The number of para-hydroxylation sites is 1. The van der Waals surface area contributed by atoms with Gasteiger partial charge in [0.15, 0.2) is 5.75 Å². The summed E-state index contributed by atoms with van der Waals surface area (Å²) in [6.45, 7) is 1.86. The first-order valence-electron chi connectivity index (χ1n) is 6.06. The molecule has 0 radical (unpaired) electrons. The number of hydrogen-bond donors (Lipinski definition) is 1. The Hall–Kier alpha value is -1.44. The van der Waals surface area contributed by atoms with Crippen molar-refractivity contribution >= 4 is 37.5 Å². The topological polar surface area (TPSA) is 78.4 Å².